The van der Waals surface area contributed by atoms with Crippen molar-refractivity contribution in [1.29, 1.82) is 0 Å². The van der Waals surface area contributed by atoms with Crippen LogP contribution in [0.5, 0.6) is 0 Å². The average molecular weight is 554 g/mol. The summed E-state index contributed by atoms with van der Waals surface area (Å²) in [6, 6.07) is -0.969. The molecule has 1 saturated carbocycles. The molecule has 1 aliphatic carbocycles. The first-order valence-electron chi connectivity index (χ1n) is 10.0. The molecule has 1 N–H and O–H groups in total. The number of carbonyl (C=O) groups excluding carboxylic acids is 2. The van der Waals surface area contributed by atoms with E-state index in [1.54, 1.807) is 20.8 Å². The lowest BCUT2D eigenvalue weighted by molar-refractivity contribution is -0.375. The predicted octanol–water partition coefficient (Wildman–Crippen LogP) is 6.08. The van der Waals surface area contributed by atoms with Crippen LogP contribution in [0.2, 0.25) is 0 Å². The Bertz CT molecular complexity index is 854. The van der Waals surface area contributed by atoms with Gasteiger partial charge < -0.3 is 10.1 Å². The zero-order valence-electron chi connectivity index (χ0n) is 18.9. The largest absolute Gasteiger partial charge is 0.457 e. The summed E-state index contributed by atoms with van der Waals surface area (Å²) < 4.78 is 161. The van der Waals surface area contributed by atoms with E-state index in [0.717, 1.165) is 0 Å². The van der Waals surface area contributed by atoms with Gasteiger partial charge in [-0.2, -0.15) is 43.9 Å². The van der Waals surface area contributed by atoms with Crippen LogP contribution in [0.4, 0.5) is 57.5 Å². The van der Waals surface area contributed by atoms with Gasteiger partial charge in [-0.3, -0.25) is 0 Å². The molecule has 1 aliphatic rings. The third kappa shape index (κ3) is 6.57. The average Bonchev–Trinajstić information content (AvgIpc) is 2.66. The zero-order chi connectivity index (χ0) is 28.6. The van der Waals surface area contributed by atoms with Gasteiger partial charge in [-0.05, 0) is 30.1 Å². The minimum Gasteiger partial charge on any atom is -0.446 e. The van der Waals surface area contributed by atoms with Gasteiger partial charge in [-0.1, -0.05) is 20.8 Å². The molecule has 210 valence electrons. The van der Waals surface area contributed by atoms with Crippen LogP contribution in [0.1, 0.15) is 40.0 Å². The fourth-order valence-electron chi connectivity index (χ4n) is 4.45. The molecule has 5 nitrogen and oxygen atoms in total. The Hall–Kier alpha value is -2.19. The Kier molecular flexibility index (Phi) is 8.79. The predicted molar refractivity (Wildman–Crippen MR) is 97.7 cm³/mol. The van der Waals surface area contributed by atoms with Crippen LogP contribution in [0.25, 0.3) is 0 Å². The summed E-state index contributed by atoms with van der Waals surface area (Å²) in [6.07, 6.45) is -20.1. The summed E-state index contributed by atoms with van der Waals surface area (Å²) in [5, 5.41) is 1.95. The molecule has 0 heterocycles. The van der Waals surface area contributed by atoms with Gasteiger partial charge in [0, 0.05) is 6.04 Å². The van der Waals surface area contributed by atoms with E-state index < -0.39 is 65.6 Å². The summed E-state index contributed by atoms with van der Waals surface area (Å²) in [5.74, 6) is -14.1. The van der Waals surface area contributed by atoms with Crippen molar-refractivity contribution in [1.82, 2.24) is 5.32 Å². The molecule has 0 bridgehead atoms. The van der Waals surface area contributed by atoms with Crippen molar-refractivity contribution in [2.45, 2.75) is 82.1 Å². The Morgan fingerprint density at radius 1 is 1.00 bits per heavy atom. The van der Waals surface area contributed by atoms with E-state index in [1.807, 2.05) is 5.32 Å². The number of nitrogens with one attached hydrogen (secondary N) is 1. The molecule has 0 aliphatic heterocycles. The number of alkyl carbamates (subject to hydrolysis) is 1. The van der Waals surface area contributed by atoms with Crippen molar-refractivity contribution in [3.63, 3.8) is 0 Å². The van der Waals surface area contributed by atoms with E-state index in [0.29, 0.717) is 6.42 Å². The highest BCUT2D eigenvalue weighted by Gasteiger charge is 2.81. The number of carbonyl (C=O) groups is 1. The third-order valence-electron chi connectivity index (χ3n) is 5.68. The summed E-state index contributed by atoms with van der Waals surface area (Å²) in [7, 11) is 0. The van der Waals surface area contributed by atoms with Crippen molar-refractivity contribution in [2.75, 3.05) is 13.2 Å². The van der Waals surface area contributed by atoms with Gasteiger partial charge in [0.15, 0.2) is 0 Å². The number of nitrogens with zero attached hydrogens (tertiary/aromatic N) is 1. The van der Waals surface area contributed by atoms with Crippen molar-refractivity contribution < 1.29 is 67.0 Å². The van der Waals surface area contributed by atoms with Gasteiger partial charge in [0.2, 0.25) is 12.3 Å². The van der Waals surface area contributed by atoms with Gasteiger partial charge in [-0.15, -0.1) is 0 Å². The standard InChI is InChI=1S/C19H22F12N2O3/c1-13(2)4-10(5-14(3,6-13)7-32-9-34)33-12(35)36-8-15(21,17(24,25)19(29,30)31)11(20)16(22,23)18(26,27)28/h10-11H,4-8H2,1-3H3,(H,33,35). The van der Waals surface area contributed by atoms with Crippen LogP contribution >= 0.6 is 0 Å². The number of isocyanates is 1. The first-order chi connectivity index (χ1) is 15.9. The number of halogens is 12. The number of ether oxygens (including phenoxy) is 1. The van der Waals surface area contributed by atoms with Crippen LogP contribution in [-0.2, 0) is 9.53 Å². The summed E-state index contributed by atoms with van der Waals surface area (Å²) in [5.41, 5.74) is -7.72. The van der Waals surface area contributed by atoms with Crippen molar-refractivity contribution in [3.8, 4) is 0 Å². The van der Waals surface area contributed by atoms with Crippen molar-refractivity contribution >= 4 is 12.2 Å². The number of aliphatic imine (C=N–C) groups is 1. The number of amides is 1. The molecule has 0 aromatic carbocycles. The molecule has 0 aromatic rings. The maximum absolute atomic E-state index is 14.6. The highest BCUT2D eigenvalue weighted by molar-refractivity contribution is 5.67. The maximum atomic E-state index is 14.6. The highest BCUT2D eigenvalue weighted by atomic mass is 19.4. The maximum Gasteiger partial charge on any atom is 0.457 e. The second kappa shape index (κ2) is 9.93. The zero-order valence-corrected chi connectivity index (χ0v) is 18.9. The highest BCUT2D eigenvalue weighted by Crippen LogP contribution is 2.54. The molecule has 4 unspecified atom stereocenters. The molecule has 17 heteroatoms. The fourth-order valence-corrected chi connectivity index (χ4v) is 4.45. The molecule has 0 saturated heterocycles. The lowest BCUT2D eigenvalue weighted by Crippen LogP contribution is -2.68. The summed E-state index contributed by atoms with van der Waals surface area (Å²) in [6.45, 7) is 1.78. The number of hydrogen-bond donors (Lipinski definition) is 1. The van der Waals surface area contributed by atoms with E-state index in [1.165, 1.54) is 6.08 Å². The van der Waals surface area contributed by atoms with E-state index in [9.17, 15) is 62.3 Å². The lowest BCUT2D eigenvalue weighted by atomic mass is 9.62. The normalized spacial score (nSPS) is 25.8. The fraction of sp³-hybridized carbons (Fsp3) is 0.895. The summed E-state index contributed by atoms with van der Waals surface area (Å²) in [4.78, 5) is 25.8. The van der Waals surface area contributed by atoms with Crippen LogP contribution in [0.15, 0.2) is 4.99 Å². The van der Waals surface area contributed by atoms with Crippen LogP contribution in [0, 0.1) is 10.8 Å². The number of alkyl halides is 12. The molecule has 1 amide bonds. The van der Waals surface area contributed by atoms with Gasteiger partial charge >= 0.3 is 30.3 Å². The molecule has 36 heavy (non-hydrogen) atoms. The molecular formula is C19H22F12N2O3. The molecular weight excluding hydrogens is 532 g/mol. The molecule has 4 atom stereocenters. The Morgan fingerprint density at radius 3 is 1.97 bits per heavy atom. The quantitative estimate of drug-likeness (QED) is 0.225. The van der Waals surface area contributed by atoms with Crippen LogP contribution in [0.3, 0.4) is 0 Å². The SMILES string of the molecule is CC1(C)CC(NC(=O)OCC(F)(C(F)C(F)(F)C(F)(F)F)C(F)(F)C(F)(F)F)CC(C)(CN=C=O)C1. The van der Waals surface area contributed by atoms with Crippen molar-refractivity contribution in [3.05, 3.63) is 0 Å². The van der Waals surface area contributed by atoms with E-state index >= 15 is 0 Å². The number of hydrogen-bond acceptors (Lipinski definition) is 4. The van der Waals surface area contributed by atoms with Crippen molar-refractivity contribution in [2.24, 2.45) is 15.8 Å². The Labute approximate surface area is 196 Å². The summed E-state index contributed by atoms with van der Waals surface area (Å²) >= 11 is 0. The second-order valence-electron chi connectivity index (χ2n) is 9.80. The van der Waals surface area contributed by atoms with Gasteiger partial charge in [-0.25, -0.2) is 23.4 Å². The number of rotatable bonds is 8. The van der Waals surface area contributed by atoms with Crippen LogP contribution in [-0.4, -0.2) is 67.4 Å². The van der Waals surface area contributed by atoms with Crippen LogP contribution < -0.4 is 5.32 Å². The second-order valence-corrected chi connectivity index (χ2v) is 9.80. The first kappa shape index (κ1) is 31.8. The van der Waals surface area contributed by atoms with E-state index in [-0.39, 0.29) is 19.4 Å². The molecule has 1 rings (SSSR count). The molecule has 0 aromatic heterocycles. The van der Waals surface area contributed by atoms with Gasteiger partial charge in [0.25, 0.3) is 5.67 Å². The monoisotopic (exact) mass is 554 g/mol. The first-order valence-corrected chi connectivity index (χ1v) is 10.0. The van der Waals surface area contributed by atoms with Gasteiger partial charge in [0.05, 0.1) is 6.54 Å². The smallest absolute Gasteiger partial charge is 0.446 e. The van der Waals surface area contributed by atoms with E-state index in [2.05, 4.69) is 9.73 Å². The Morgan fingerprint density at radius 2 is 1.53 bits per heavy atom. The van der Waals surface area contributed by atoms with E-state index in [4.69, 9.17) is 0 Å². The Balaban J connectivity index is 3.19. The van der Waals surface area contributed by atoms with Gasteiger partial charge in [0.1, 0.15) is 6.61 Å². The third-order valence-corrected chi connectivity index (χ3v) is 5.68. The minimum atomic E-state index is -7.14. The topological polar surface area (TPSA) is 67.8 Å². The molecule has 0 radical (unpaired) electrons. The molecule has 1 fully saturated rings. The minimum absolute atomic E-state index is 0.00801. The lowest BCUT2D eigenvalue weighted by Gasteiger charge is -2.46. The molecule has 0 spiro atoms.